The van der Waals surface area contributed by atoms with Crippen LogP contribution in [0.2, 0.25) is 0 Å². The standard InChI is InChI=1S/C10H8F2O/c11-7-2-3-8-6(5-7)1-4-9(12)10(8)13/h2-3,5,9H,1,4H2/t9-/m0/s1. The van der Waals surface area contributed by atoms with Gasteiger partial charge in [0.1, 0.15) is 5.82 Å². The Kier molecular flexibility index (Phi) is 1.87. The van der Waals surface area contributed by atoms with E-state index in [4.69, 9.17) is 0 Å². The molecule has 1 aromatic carbocycles. The number of halogens is 2. The number of Topliss-reactive ketones (excluding diaryl/α,β-unsaturated/α-hetero) is 1. The largest absolute Gasteiger partial charge is 0.291 e. The van der Waals surface area contributed by atoms with Gasteiger partial charge in [0.2, 0.25) is 0 Å². The second-order valence-corrected chi connectivity index (χ2v) is 3.17. The van der Waals surface area contributed by atoms with E-state index in [1.165, 1.54) is 18.2 Å². The first-order valence-corrected chi connectivity index (χ1v) is 4.15. The average molecular weight is 182 g/mol. The van der Waals surface area contributed by atoms with E-state index in [9.17, 15) is 13.6 Å². The molecule has 0 bridgehead atoms. The van der Waals surface area contributed by atoms with E-state index in [0.717, 1.165) is 0 Å². The van der Waals surface area contributed by atoms with Gasteiger partial charge < -0.3 is 0 Å². The van der Waals surface area contributed by atoms with Crippen LogP contribution in [0.5, 0.6) is 0 Å². The Balaban J connectivity index is 2.50. The third-order valence-electron chi connectivity index (χ3n) is 2.28. The third kappa shape index (κ3) is 1.34. The number of carbonyl (C=O) groups is 1. The van der Waals surface area contributed by atoms with E-state index in [1.54, 1.807) is 0 Å². The maximum Gasteiger partial charge on any atom is 0.197 e. The molecule has 2 rings (SSSR count). The van der Waals surface area contributed by atoms with Crippen molar-refractivity contribution in [1.29, 1.82) is 0 Å². The van der Waals surface area contributed by atoms with E-state index in [0.29, 0.717) is 17.5 Å². The average Bonchev–Trinajstić information content (AvgIpc) is 2.12. The summed E-state index contributed by atoms with van der Waals surface area (Å²) in [6.07, 6.45) is -0.784. The highest BCUT2D eigenvalue weighted by Gasteiger charge is 2.26. The van der Waals surface area contributed by atoms with Gasteiger partial charge in [0, 0.05) is 5.56 Å². The summed E-state index contributed by atoms with van der Waals surface area (Å²) >= 11 is 0. The Morgan fingerprint density at radius 1 is 1.38 bits per heavy atom. The molecule has 1 aromatic rings. The Labute approximate surface area is 74.4 Å². The van der Waals surface area contributed by atoms with Crippen LogP contribution >= 0.6 is 0 Å². The van der Waals surface area contributed by atoms with E-state index < -0.39 is 12.0 Å². The third-order valence-corrected chi connectivity index (χ3v) is 2.28. The van der Waals surface area contributed by atoms with Gasteiger partial charge in [-0.2, -0.15) is 0 Å². The molecule has 0 N–H and O–H groups in total. The number of hydrogen-bond acceptors (Lipinski definition) is 1. The molecule has 0 radical (unpaired) electrons. The summed E-state index contributed by atoms with van der Waals surface area (Å²) in [6, 6.07) is 3.85. The second kappa shape index (κ2) is 2.91. The van der Waals surface area contributed by atoms with Crippen molar-refractivity contribution < 1.29 is 13.6 Å². The summed E-state index contributed by atoms with van der Waals surface area (Å²) in [5.74, 6) is -0.884. The van der Waals surface area contributed by atoms with Crippen molar-refractivity contribution in [3.63, 3.8) is 0 Å². The minimum Gasteiger partial charge on any atom is -0.291 e. The molecule has 0 amide bonds. The Hall–Kier alpha value is -1.25. The minimum atomic E-state index is -1.40. The monoisotopic (exact) mass is 182 g/mol. The van der Waals surface area contributed by atoms with Gasteiger partial charge in [0.15, 0.2) is 12.0 Å². The van der Waals surface area contributed by atoms with Crippen LogP contribution in [0.3, 0.4) is 0 Å². The number of alkyl halides is 1. The highest BCUT2D eigenvalue weighted by molar-refractivity contribution is 6.01. The van der Waals surface area contributed by atoms with Crippen LogP contribution in [0, 0.1) is 5.82 Å². The molecule has 0 heterocycles. The molecule has 0 aliphatic heterocycles. The zero-order chi connectivity index (χ0) is 9.42. The maximum absolute atomic E-state index is 12.9. The Bertz CT molecular complexity index is 360. The molecule has 3 heteroatoms. The molecule has 0 fully saturated rings. The molecule has 0 spiro atoms. The molecule has 1 aliphatic rings. The van der Waals surface area contributed by atoms with Gasteiger partial charge in [0.25, 0.3) is 0 Å². The number of fused-ring (bicyclic) bond motifs is 1. The quantitative estimate of drug-likeness (QED) is 0.601. The van der Waals surface area contributed by atoms with Crippen LogP contribution < -0.4 is 0 Å². The van der Waals surface area contributed by atoms with Crippen molar-refractivity contribution in [2.75, 3.05) is 0 Å². The van der Waals surface area contributed by atoms with Crippen LogP contribution in [-0.4, -0.2) is 12.0 Å². The van der Waals surface area contributed by atoms with E-state index >= 15 is 0 Å². The number of rotatable bonds is 0. The summed E-state index contributed by atoms with van der Waals surface area (Å²) in [4.78, 5) is 11.2. The van der Waals surface area contributed by atoms with Crippen molar-refractivity contribution in [2.45, 2.75) is 19.0 Å². The molecule has 0 saturated heterocycles. The molecule has 1 aliphatic carbocycles. The lowest BCUT2D eigenvalue weighted by Gasteiger charge is -2.17. The summed E-state index contributed by atoms with van der Waals surface area (Å²) in [5.41, 5.74) is 0.957. The lowest BCUT2D eigenvalue weighted by atomic mass is 9.89. The van der Waals surface area contributed by atoms with Crippen molar-refractivity contribution in [1.82, 2.24) is 0 Å². The molecular weight excluding hydrogens is 174 g/mol. The fourth-order valence-electron chi connectivity index (χ4n) is 1.59. The Morgan fingerprint density at radius 3 is 2.92 bits per heavy atom. The first-order valence-electron chi connectivity index (χ1n) is 4.15. The highest BCUT2D eigenvalue weighted by atomic mass is 19.1. The molecule has 1 atom stereocenters. The summed E-state index contributed by atoms with van der Waals surface area (Å²) < 4.78 is 25.6. The van der Waals surface area contributed by atoms with Gasteiger partial charge in [-0.05, 0) is 36.6 Å². The van der Waals surface area contributed by atoms with Crippen molar-refractivity contribution in [2.24, 2.45) is 0 Å². The van der Waals surface area contributed by atoms with Gasteiger partial charge in [0.05, 0.1) is 0 Å². The second-order valence-electron chi connectivity index (χ2n) is 3.17. The van der Waals surface area contributed by atoms with Gasteiger partial charge in [-0.3, -0.25) is 4.79 Å². The molecule has 68 valence electrons. The van der Waals surface area contributed by atoms with Crippen molar-refractivity contribution in [3.8, 4) is 0 Å². The molecule has 13 heavy (non-hydrogen) atoms. The van der Waals surface area contributed by atoms with Crippen molar-refractivity contribution >= 4 is 5.78 Å². The fraction of sp³-hybridized carbons (Fsp3) is 0.300. The lowest BCUT2D eigenvalue weighted by molar-refractivity contribution is 0.0856. The molecule has 0 unspecified atom stereocenters. The molecule has 0 aromatic heterocycles. The van der Waals surface area contributed by atoms with Gasteiger partial charge in [-0.25, -0.2) is 8.78 Å². The van der Waals surface area contributed by atoms with Crippen LogP contribution in [0.15, 0.2) is 18.2 Å². The van der Waals surface area contributed by atoms with Crippen LogP contribution in [0.1, 0.15) is 22.3 Å². The molecule has 0 saturated carbocycles. The molecule has 1 nitrogen and oxygen atoms in total. The topological polar surface area (TPSA) is 17.1 Å². The van der Waals surface area contributed by atoms with Crippen LogP contribution in [0.4, 0.5) is 8.78 Å². The van der Waals surface area contributed by atoms with Crippen LogP contribution in [0.25, 0.3) is 0 Å². The van der Waals surface area contributed by atoms with Gasteiger partial charge >= 0.3 is 0 Å². The number of hydrogen-bond donors (Lipinski definition) is 0. The number of aryl methyl sites for hydroxylation is 1. The smallest absolute Gasteiger partial charge is 0.197 e. The van der Waals surface area contributed by atoms with Crippen LogP contribution in [-0.2, 0) is 6.42 Å². The maximum atomic E-state index is 12.9. The number of benzene rings is 1. The Morgan fingerprint density at radius 2 is 2.15 bits per heavy atom. The zero-order valence-corrected chi connectivity index (χ0v) is 6.89. The zero-order valence-electron chi connectivity index (χ0n) is 6.89. The predicted molar refractivity (Wildman–Crippen MR) is 43.9 cm³/mol. The first kappa shape index (κ1) is 8.35. The predicted octanol–water partition coefficient (Wildman–Crippen LogP) is 2.29. The SMILES string of the molecule is O=C1c2ccc(F)cc2CC[C@@H]1F. The minimum absolute atomic E-state index is 0.176. The number of carbonyl (C=O) groups excluding carboxylic acids is 1. The van der Waals surface area contributed by atoms with Gasteiger partial charge in [-0.1, -0.05) is 0 Å². The van der Waals surface area contributed by atoms with E-state index in [2.05, 4.69) is 0 Å². The van der Waals surface area contributed by atoms with Crippen molar-refractivity contribution in [3.05, 3.63) is 35.1 Å². The lowest BCUT2D eigenvalue weighted by Crippen LogP contribution is -2.23. The summed E-state index contributed by atoms with van der Waals surface area (Å²) in [6.45, 7) is 0. The van der Waals surface area contributed by atoms with E-state index in [1.807, 2.05) is 0 Å². The summed E-state index contributed by atoms with van der Waals surface area (Å²) in [7, 11) is 0. The fourth-order valence-corrected chi connectivity index (χ4v) is 1.59. The molecular formula is C10H8F2O. The number of ketones is 1. The van der Waals surface area contributed by atoms with Gasteiger partial charge in [-0.15, -0.1) is 0 Å². The highest BCUT2D eigenvalue weighted by Crippen LogP contribution is 2.23. The normalized spacial score (nSPS) is 21.4. The summed E-state index contributed by atoms with van der Waals surface area (Å²) in [5, 5.41) is 0. The first-order chi connectivity index (χ1) is 6.18. The van der Waals surface area contributed by atoms with E-state index in [-0.39, 0.29) is 12.2 Å².